The van der Waals surface area contributed by atoms with E-state index in [0.29, 0.717) is 24.4 Å². The van der Waals surface area contributed by atoms with Gasteiger partial charge in [-0.15, -0.1) is 0 Å². The van der Waals surface area contributed by atoms with Gasteiger partial charge in [0.15, 0.2) is 18.2 Å². The largest absolute Gasteiger partial charge is 0.353 e. The molecule has 5 nitrogen and oxygen atoms in total. The van der Waals surface area contributed by atoms with Gasteiger partial charge in [-0.1, -0.05) is 13.8 Å². The Morgan fingerprint density at radius 3 is 2.68 bits per heavy atom. The average Bonchev–Trinajstić information content (AvgIpc) is 2.71. The Balaban J connectivity index is 1.75. The molecule has 8 atom stereocenters. The van der Waals surface area contributed by atoms with Crippen LogP contribution < -0.4 is 0 Å². The molecule has 0 N–H and O–H groups in total. The van der Waals surface area contributed by atoms with Crippen molar-refractivity contribution in [1.29, 1.82) is 0 Å². The first-order valence-corrected chi connectivity index (χ1v) is 8.82. The van der Waals surface area contributed by atoms with Crippen molar-refractivity contribution in [1.82, 2.24) is 0 Å². The van der Waals surface area contributed by atoms with Gasteiger partial charge in [0.25, 0.3) is 0 Å². The lowest BCUT2D eigenvalue weighted by Gasteiger charge is -2.60. The van der Waals surface area contributed by atoms with Gasteiger partial charge in [-0.25, -0.2) is 9.78 Å². The Morgan fingerprint density at radius 2 is 1.91 bits per heavy atom. The van der Waals surface area contributed by atoms with Crippen LogP contribution in [-0.2, 0) is 24.0 Å². The van der Waals surface area contributed by atoms with Crippen LogP contribution in [0.2, 0.25) is 0 Å². The van der Waals surface area contributed by atoms with E-state index in [-0.39, 0.29) is 18.5 Å². The quantitative estimate of drug-likeness (QED) is 0.733. The van der Waals surface area contributed by atoms with Crippen LogP contribution in [0.5, 0.6) is 0 Å². The van der Waals surface area contributed by atoms with Crippen molar-refractivity contribution in [3.8, 4) is 0 Å². The van der Waals surface area contributed by atoms with Gasteiger partial charge >= 0.3 is 0 Å². The fraction of sp³-hybridized carbons (Fsp3) is 1.00. The van der Waals surface area contributed by atoms with Crippen LogP contribution >= 0.6 is 0 Å². The maximum Gasteiger partial charge on any atom is 0.201 e. The maximum atomic E-state index is 6.25. The average molecular weight is 312 g/mol. The lowest BCUT2D eigenvalue weighted by Crippen LogP contribution is -2.70. The van der Waals surface area contributed by atoms with E-state index in [2.05, 4.69) is 13.8 Å². The lowest BCUT2D eigenvalue weighted by molar-refractivity contribution is -0.577. The maximum absolute atomic E-state index is 6.25. The number of hydrogen-bond donors (Lipinski definition) is 0. The van der Waals surface area contributed by atoms with Crippen molar-refractivity contribution in [2.45, 2.75) is 77.3 Å². The third-order valence-corrected chi connectivity index (χ3v) is 6.43. The molecular formula is C17H28O5. The van der Waals surface area contributed by atoms with Crippen LogP contribution in [0, 0.1) is 23.7 Å². The number of rotatable bonds is 2. The van der Waals surface area contributed by atoms with E-state index in [4.69, 9.17) is 24.0 Å². The molecule has 5 fully saturated rings. The van der Waals surface area contributed by atoms with Crippen LogP contribution in [0.3, 0.4) is 0 Å². The molecule has 4 heterocycles. The van der Waals surface area contributed by atoms with Crippen molar-refractivity contribution < 1.29 is 24.0 Å². The van der Waals surface area contributed by atoms with Crippen molar-refractivity contribution in [3.05, 3.63) is 0 Å². The molecule has 0 aromatic heterocycles. The van der Waals surface area contributed by atoms with Gasteiger partial charge < -0.3 is 14.2 Å². The van der Waals surface area contributed by atoms with Crippen molar-refractivity contribution in [3.63, 3.8) is 0 Å². The van der Waals surface area contributed by atoms with Crippen molar-refractivity contribution in [2.24, 2.45) is 23.7 Å². The van der Waals surface area contributed by atoms with Gasteiger partial charge in [-0.2, -0.15) is 0 Å². The molecule has 4 aliphatic heterocycles. The van der Waals surface area contributed by atoms with E-state index >= 15 is 0 Å². The molecule has 0 aromatic carbocycles. The van der Waals surface area contributed by atoms with Crippen LogP contribution in [0.4, 0.5) is 0 Å². The first-order chi connectivity index (χ1) is 10.5. The molecule has 22 heavy (non-hydrogen) atoms. The van der Waals surface area contributed by atoms with E-state index < -0.39 is 11.4 Å². The summed E-state index contributed by atoms with van der Waals surface area (Å²) in [5, 5.41) is 0. The fourth-order valence-corrected chi connectivity index (χ4v) is 5.23. The number of fused-ring (bicyclic) bond motifs is 2. The highest BCUT2D eigenvalue weighted by Crippen LogP contribution is 2.60. The van der Waals surface area contributed by atoms with Gasteiger partial charge in [-0.3, -0.25) is 0 Å². The number of ether oxygens (including phenoxy) is 3. The summed E-state index contributed by atoms with van der Waals surface area (Å²) in [6.07, 6.45) is 3.66. The first kappa shape index (κ1) is 15.3. The monoisotopic (exact) mass is 312 g/mol. The zero-order valence-electron chi connectivity index (χ0n) is 14.0. The Kier molecular flexibility index (Phi) is 3.59. The molecule has 4 saturated heterocycles. The van der Waals surface area contributed by atoms with Crippen LogP contribution in [0.15, 0.2) is 0 Å². The molecule has 5 rings (SSSR count). The molecule has 1 saturated carbocycles. The summed E-state index contributed by atoms with van der Waals surface area (Å²) in [5.74, 6) is 0.957. The molecule has 5 heteroatoms. The molecular weight excluding hydrogens is 284 g/mol. The second-order valence-electron chi connectivity index (χ2n) is 7.73. The van der Waals surface area contributed by atoms with Gasteiger partial charge in [0.1, 0.15) is 0 Å². The van der Waals surface area contributed by atoms with Crippen molar-refractivity contribution in [2.75, 3.05) is 6.61 Å². The van der Waals surface area contributed by atoms with E-state index in [9.17, 15) is 0 Å². The van der Waals surface area contributed by atoms with E-state index in [1.54, 1.807) is 0 Å². The zero-order chi connectivity index (χ0) is 15.5. The molecule has 5 aliphatic rings. The van der Waals surface area contributed by atoms with Gasteiger partial charge in [0.05, 0.1) is 0 Å². The third-order valence-electron chi connectivity index (χ3n) is 6.43. The van der Waals surface area contributed by atoms with Gasteiger partial charge in [0.2, 0.25) is 5.79 Å². The summed E-state index contributed by atoms with van der Waals surface area (Å²) in [7, 11) is 0. The normalized spacial score (nSPS) is 57.3. The van der Waals surface area contributed by atoms with Crippen LogP contribution in [-0.4, -0.2) is 30.6 Å². The molecule has 1 spiro atoms. The number of hydrogen-bond acceptors (Lipinski definition) is 5. The highest BCUT2D eigenvalue weighted by atomic mass is 17.3. The summed E-state index contributed by atoms with van der Waals surface area (Å²) < 4.78 is 18.3. The fourth-order valence-electron chi connectivity index (χ4n) is 5.23. The molecule has 1 aliphatic carbocycles. The summed E-state index contributed by atoms with van der Waals surface area (Å²) in [4.78, 5) is 11.9. The zero-order valence-corrected chi connectivity index (χ0v) is 14.0. The Hall–Kier alpha value is -0.200. The SMILES string of the molecule is CCO[C@H]1O[C@@H]2O[C@@]3(C)CC[C@H]4[C@H](C)CC[C@@H]([C@H]1C)[C@]24OO3. The predicted octanol–water partition coefficient (Wildman–Crippen LogP) is 3.23. The molecule has 0 unspecified atom stereocenters. The van der Waals surface area contributed by atoms with E-state index in [1.807, 2.05) is 13.8 Å². The molecule has 0 radical (unpaired) electrons. The summed E-state index contributed by atoms with van der Waals surface area (Å²) in [6.45, 7) is 9.15. The summed E-state index contributed by atoms with van der Waals surface area (Å²) >= 11 is 0. The topological polar surface area (TPSA) is 46.2 Å². The molecule has 0 amide bonds. The van der Waals surface area contributed by atoms with Crippen LogP contribution in [0.1, 0.15) is 53.4 Å². The van der Waals surface area contributed by atoms with Crippen LogP contribution in [0.25, 0.3) is 0 Å². The Labute approximate surface area is 132 Å². The second kappa shape index (κ2) is 5.15. The standard InChI is InChI=1S/C17H28O5/c1-5-18-14-11(3)13-7-6-10(2)12-8-9-16(4)20-15(19-14)17(12,13)22-21-16/h10-15H,5-9H2,1-4H3/t10-,11-,12+,13+,14+,15-,16-,17+/m1/s1. The summed E-state index contributed by atoms with van der Waals surface area (Å²) in [5.41, 5.74) is -0.472. The highest BCUT2D eigenvalue weighted by molar-refractivity contribution is 5.09. The van der Waals surface area contributed by atoms with Gasteiger partial charge in [0, 0.05) is 24.9 Å². The minimum atomic E-state index is -0.700. The third kappa shape index (κ3) is 1.96. The second-order valence-corrected chi connectivity index (χ2v) is 7.73. The van der Waals surface area contributed by atoms with E-state index in [0.717, 1.165) is 19.3 Å². The molecule has 2 bridgehead atoms. The van der Waals surface area contributed by atoms with E-state index in [1.165, 1.54) is 6.42 Å². The highest BCUT2D eigenvalue weighted by Gasteiger charge is 2.69. The minimum Gasteiger partial charge on any atom is -0.353 e. The lowest BCUT2D eigenvalue weighted by atomic mass is 9.58. The summed E-state index contributed by atoms with van der Waals surface area (Å²) in [6, 6.07) is 0. The minimum absolute atomic E-state index is 0.216. The van der Waals surface area contributed by atoms with Gasteiger partial charge in [-0.05, 0) is 44.9 Å². The van der Waals surface area contributed by atoms with Crippen molar-refractivity contribution >= 4 is 0 Å². The predicted molar refractivity (Wildman–Crippen MR) is 78.5 cm³/mol. The first-order valence-electron chi connectivity index (χ1n) is 8.82. The Bertz CT molecular complexity index is 443. The molecule has 126 valence electrons. The Morgan fingerprint density at radius 1 is 1.09 bits per heavy atom. The molecule has 0 aromatic rings. The smallest absolute Gasteiger partial charge is 0.201 e.